The lowest BCUT2D eigenvalue weighted by Crippen LogP contribution is -2.05. The van der Waals surface area contributed by atoms with E-state index < -0.39 is 0 Å². The second kappa shape index (κ2) is 5.52. The molecule has 0 bridgehead atoms. The Labute approximate surface area is 141 Å². The summed E-state index contributed by atoms with van der Waals surface area (Å²) in [4.78, 5) is 15.2. The first-order valence-electron chi connectivity index (χ1n) is 7.33. The van der Waals surface area contributed by atoms with Gasteiger partial charge < -0.3 is 9.72 Å². The monoisotopic (exact) mass is 332 g/mol. The molecule has 0 fully saturated rings. The molecular weight excluding hydrogens is 320 g/mol. The number of hydrogen-bond donors (Lipinski definition) is 1. The number of aromatic nitrogens is 1. The maximum absolute atomic E-state index is 12.2. The van der Waals surface area contributed by atoms with Gasteiger partial charge in [0.15, 0.2) is 0 Å². The normalized spacial score (nSPS) is 10.8. The highest BCUT2D eigenvalue weighted by Crippen LogP contribution is 2.40. The van der Waals surface area contributed by atoms with Crippen LogP contribution in [0.2, 0.25) is 0 Å². The van der Waals surface area contributed by atoms with Crippen LogP contribution in [-0.2, 0) is 0 Å². The van der Waals surface area contributed by atoms with Gasteiger partial charge in [-0.3, -0.25) is 4.79 Å². The van der Waals surface area contributed by atoms with Crippen molar-refractivity contribution < 1.29 is 4.74 Å². The van der Waals surface area contributed by atoms with Crippen LogP contribution < -0.4 is 10.3 Å². The Morgan fingerprint density at radius 2 is 1.92 bits per heavy atom. The van der Waals surface area contributed by atoms with Crippen molar-refractivity contribution in [3.8, 4) is 22.9 Å². The van der Waals surface area contributed by atoms with Gasteiger partial charge in [-0.25, -0.2) is 0 Å². The number of rotatable bonds is 2. The van der Waals surface area contributed by atoms with Crippen molar-refractivity contribution in [3.63, 3.8) is 0 Å². The maximum atomic E-state index is 12.2. The van der Waals surface area contributed by atoms with E-state index in [1.54, 1.807) is 19.2 Å². The van der Waals surface area contributed by atoms with Crippen molar-refractivity contribution in [1.29, 1.82) is 5.26 Å². The number of pyridine rings is 1. The molecule has 0 radical (unpaired) electrons. The Morgan fingerprint density at radius 3 is 2.62 bits per heavy atom. The summed E-state index contributed by atoms with van der Waals surface area (Å²) >= 11 is 1.42. The van der Waals surface area contributed by atoms with E-state index in [1.165, 1.54) is 11.3 Å². The van der Waals surface area contributed by atoms with Crippen molar-refractivity contribution in [1.82, 2.24) is 4.98 Å². The molecule has 0 aliphatic rings. The highest BCUT2D eigenvalue weighted by Gasteiger charge is 2.16. The number of ether oxygens (including phenoxy) is 1. The zero-order chi connectivity index (χ0) is 16.7. The summed E-state index contributed by atoms with van der Waals surface area (Å²) in [5, 5.41) is 12.8. The van der Waals surface area contributed by atoms with Crippen LogP contribution >= 0.6 is 11.3 Å². The zero-order valence-electron chi connectivity index (χ0n) is 12.8. The molecule has 1 N–H and O–H groups in total. The first kappa shape index (κ1) is 14.5. The molecule has 4 rings (SSSR count). The van der Waals surface area contributed by atoms with Crippen molar-refractivity contribution in [2.24, 2.45) is 0 Å². The lowest BCUT2D eigenvalue weighted by atomic mass is 9.96. The number of hydrogen-bond acceptors (Lipinski definition) is 4. The SMILES string of the molecule is COc1ccc2[nH]c(=O)c3sccc3c2c1-c1ccc(C#N)cc1. The number of H-pyrrole nitrogens is 1. The highest BCUT2D eigenvalue weighted by atomic mass is 32.1. The summed E-state index contributed by atoms with van der Waals surface area (Å²) in [5.74, 6) is 0.728. The van der Waals surface area contributed by atoms with Crippen molar-refractivity contribution in [2.45, 2.75) is 0 Å². The van der Waals surface area contributed by atoms with Gasteiger partial charge in [-0.05, 0) is 41.3 Å². The molecule has 2 heterocycles. The fraction of sp³-hybridized carbons (Fsp3) is 0.0526. The van der Waals surface area contributed by atoms with Crippen molar-refractivity contribution in [3.05, 3.63) is 63.8 Å². The molecule has 0 amide bonds. The summed E-state index contributed by atoms with van der Waals surface area (Å²) in [6.07, 6.45) is 0. The molecular formula is C19H12N2O2S. The third-order valence-corrected chi connectivity index (χ3v) is 4.99. The standard InChI is InChI=1S/C19H12N2O2S/c1-23-15-7-6-14-17(13-8-9-24-18(13)19(22)21-14)16(15)12-4-2-11(10-20)3-5-12/h2-9H,1H3,(H,21,22). The van der Waals surface area contributed by atoms with E-state index in [0.29, 0.717) is 10.3 Å². The van der Waals surface area contributed by atoms with Gasteiger partial charge in [0.2, 0.25) is 0 Å². The first-order chi connectivity index (χ1) is 11.7. The van der Waals surface area contributed by atoms with E-state index in [2.05, 4.69) is 11.1 Å². The number of benzene rings is 2. The molecule has 2 aromatic heterocycles. The third-order valence-electron chi connectivity index (χ3n) is 4.08. The highest BCUT2D eigenvalue weighted by molar-refractivity contribution is 7.17. The number of aromatic amines is 1. The molecule has 4 nitrogen and oxygen atoms in total. The minimum absolute atomic E-state index is 0.0801. The van der Waals surface area contributed by atoms with Crippen LogP contribution in [0.15, 0.2) is 52.6 Å². The molecule has 0 atom stereocenters. The van der Waals surface area contributed by atoms with Crippen LogP contribution in [0.4, 0.5) is 0 Å². The molecule has 0 saturated carbocycles. The molecule has 4 aromatic rings. The third kappa shape index (κ3) is 2.08. The molecule has 0 aliphatic carbocycles. The van der Waals surface area contributed by atoms with E-state index >= 15 is 0 Å². The summed E-state index contributed by atoms with van der Waals surface area (Å²) < 4.78 is 6.27. The molecule has 0 aliphatic heterocycles. The first-order valence-corrected chi connectivity index (χ1v) is 8.21. The number of nitriles is 1. The van der Waals surface area contributed by atoms with Gasteiger partial charge in [-0.1, -0.05) is 12.1 Å². The second-order valence-electron chi connectivity index (χ2n) is 5.37. The number of fused-ring (bicyclic) bond motifs is 3. The molecule has 116 valence electrons. The number of nitrogens with zero attached hydrogens (tertiary/aromatic N) is 1. The van der Waals surface area contributed by atoms with Crippen LogP contribution in [0, 0.1) is 11.3 Å². The fourth-order valence-corrected chi connectivity index (χ4v) is 3.79. The summed E-state index contributed by atoms with van der Waals surface area (Å²) in [6.45, 7) is 0. The quantitative estimate of drug-likeness (QED) is 0.595. The van der Waals surface area contributed by atoms with Crippen LogP contribution in [0.5, 0.6) is 5.75 Å². The van der Waals surface area contributed by atoms with Crippen LogP contribution in [0.25, 0.3) is 32.1 Å². The Balaban J connectivity index is 2.17. The van der Waals surface area contributed by atoms with Crippen LogP contribution in [-0.4, -0.2) is 12.1 Å². The van der Waals surface area contributed by atoms with Gasteiger partial charge in [-0.15, -0.1) is 11.3 Å². The fourth-order valence-electron chi connectivity index (χ4n) is 3.00. The Kier molecular flexibility index (Phi) is 3.33. The molecule has 0 unspecified atom stereocenters. The minimum atomic E-state index is -0.0801. The van der Waals surface area contributed by atoms with E-state index in [9.17, 15) is 4.79 Å². The predicted molar refractivity (Wildman–Crippen MR) is 96.7 cm³/mol. The largest absolute Gasteiger partial charge is 0.496 e. The molecule has 24 heavy (non-hydrogen) atoms. The van der Waals surface area contributed by atoms with E-state index in [0.717, 1.165) is 33.2 Å². The van der Waals surface area contributed by atoms with Crippen molar-refractivity contribution >= 4 is 32.3 Å². The van der Waals surface area contributed by atoms with Gasteiger partial charge in [0, 0.05) is 21.9 Å². The molecule has 0 saturated heterocycles. The Bertz CT molecular complexity index is 1160. The van der Waals surface area contributed by atoms with Gasteiger partial charge in [0.1, 0.15) is 10.4 Å². The number of thiophene rings is 1. The van der Waals surface area contributed by atoms with Crippen LogP contribution in [0.3, 0.4) is 0 Å². The van der Waals surface area contributed by atoms with Gasteiger partial charge >= 0.3 is 0 Å². The Hall–Kier alpha value is -3.10. The van der Waals surface area contributed by atoms with E-state index in [1.807, 2.05) is 35.7 Å². The lowest BCUT2D eigenvalue weighted by Gasteiger charge is -2.13. The second-order valence-corrected chi connectivity index (χ2v) is 6.29. The van der Waals surface area contributed by atoms with E-state index in [-0.39, 0.29) is 5.56 Å². The topological polar surface area (TPSA) is 65.9 Å². The summed E-state index contributed by atoms with van der Waals surface area (Å²) in [5.41, 5.74) is 3.15. The zero-order valence-corrected chi connectivity index (χ0v) is 13.6. The predicted octanol–water partition coefficient (Wildman–Crippen LogP) is 4.29. The van der Waals surface area contributed by atoms with Gasteiger partial charge in [0.25, 0.3) is 5.56 Å². The van der Waals surface area contributed by atoms with Gasteiger partial charge in [-0.2, -0.15) is 5.26 Å². The maximum Gasteiger partial charge on any atom is 0.266 e. The molecule has 5 heteroatoms. The van der Waals surface area contributed by atoms with Gasteiger partial charge in [0.05, 0.1) is 18.7 Å². The number of nitrogens with one attached hydrogen (secondary N) is 1. The van der Waals surface area contributed by atoms with E-state index in [4.69, 9.17) is 10.00 Å². The smallest absolute Gasteiger partial charge is 0.266 e. The average molecular weight is 332 g/mol. The number of methoxy groups -OCH3 is 1. The summed E-state index contributed by atoms with van der Waals surface area (Å²) in [6, 6.07) is 15.2. The Morgan fingerprint density at radius 1 is 1.12 bits per heavy atom. The summed E-state index contributed by atoms with van der Waals surface area (Å²) in [7, 11) is 1.63. The lowest BCUT2D eigenvalue weighted by molar-refractivity contribution is 0.417. The van der Waals surface area contributed by atoms with Crippen molar-refractivity contribution in [2.75, 3.05) is 7.11 Å². The average Bonchev–Trinajstić information content (AvgIpc) is 3.11. The molecule has 2 aromatic carbocycles. The van der Waals surface area contributed by atoms with Crippen LogP contribution in [0.1, 0.15) is 5.56 Å². The minimum Gasteiger partial charge on any atom is -0.496 e. The molecule has 0 spiro atoms.